The van der Waals surface area contributed by atoms with E-state index in [-0.39, 0.29) is 18.8 Å². The molecule has 1 atom stereocenters. The van der Waals surface area contributed by atoms with Gasteiger partial charge < -0.3 is 9.84 Å². The third-order valence-electron chi connectivity index (χ3n) is 2.39. The molecular formula is C13H20O2. The fourth-order valence-corrected chi connectivity index (χ4v) is 1.71. The summed E-state index contributed by atoms with van der Waals surface area (Å²) in [6.07, 6.45) is 0.905. The minimum Gasteiger partial charge on any atom is -0.393 e. The summed E-state index contributed by atoms with van der Waals surface area (Å²) in [5.41, 5.74) is 2.36. The van der Waals surface area contributed by atoms with Crippen molar-refractivity contribution in [2.45, 2.75) is 39.4 Å². The van der Waals surface area contributed by atoms with E-state index in [9.17, 15) is 5.11 Å². The minimum atomic E-state index is -0.193. The van der Waals surface area contributed by atoms with E-state index in [0.717, 1.165) is 12.0 Å². The number of benzene rings is 1. The van der Waals surface area contributed by atoms with Crippen LogP contribution in [0.2, 0.25) is 0 Å². The maximum atomic E-state index is 9.32. The lowest BCUT2D eigenvalue weighted by atomic mass is 10.0. The number of hydrogen-bond acceptors (Lipinski definition) is 2. The maximum Gasteiger partial charge on any atom is 0.106 e. The van der Waals surface area contributed by atoms with E-state index < -0.39 is 0 Å². The lowest BCUT2D eigenvalue weighted by molar-refractivity contribution is -0.0252. The Bertz CT molecular complexity index is 294. The van der Waals surface area contributed by atoms with Gasteiger partial charge in [-0.15, -0.1) is 0 Å². The van der Waals surface area contributed by atoms with Crippen LogP contribution in [0.15, 0.2) is 24.3 Å². The average molecular weight is 208 g/mol. The van der Waals surface area contributed by atoms with E-state index in [1.807, 2.05) is 32.0 Å². The van der Waals surface area contributed by atoms with Crippen LogP contribution in [0.3, 0.4) is 0 Å². The zero-order chi connectivity index (χ0) is 11.3. The average Bonchev–Trinajstić information content (AvgIpc) is 2.25. The highest BCUT2D eigenvalue weighted by Crippen LogP contribution is 2.22. The Morgan fingerprint density at radius 3 is 2.47 bits per heavy atom. The Kier molecular flexibility index (Phi) is 4.79. The second-order valence-corrected chi connectivity index (χ2v) is 3.91. The van der Waals surface area contributed by atoms with E-state index >= 15 is 0 Å². The molecule has 1 aromatic carbocycles. The molecule has 0 heterocycles. The molecule has 0 aliphatic carbocycles. The molecule has 0 aromatic heterocycles. The molecule has 2 nitrogen and oxygen atoms in total. The molecule has 84 valence electrons. The molecule has 0 amide bonds. The molecule has 1 aromatic rings. The molecular weight excluding hydrogens is 188 g/mol. The number of rotatable bonds is 5. The molecule has 0 bridgehead atoms. The second-order valence-electron chi connectivity index (χ2n) is 3.91. The summed E-state index contributed by atoms with van der Waals surface area (Å²) in [6, 6.07) is 8.12. The standard InChI is InChI=1S/C13H20O2/c1-4-11-7-5-6-8-12(11)13(9-14)15-10(2)3/h5-8,10,13-14H,4,9H2,1-3H3. The maximum absolute atomic E-state index is 9.32. The van der Waals surface area contributed by atoms with Gasteiger partial charge in [0.15, 0.2) is 0 Å². The summed E-state index contributed by atoms with van der Waals surface area (Å²) in [6.45, 7) is 6.12. The SMILES string of the molecule is CCc1ccccc1C(CO)OC(C)C. The number of aliphatic hydroxyl groups excluding tert-OH is 1. The first kappa shape index (κ1) is 12.2. The van der Waals surface area contributed by atoms with Gasteiger partial charge in [0.25, 0.3) is 0 Å². The van der Waals surface area contributed by atoms with Gasteiger partial charge in [-0.25, -0.2) is 0 Å². The number of hydrogen-bond donors (Lipinski definition) is 1. The van der Waals surface area contributed by atoms with Gasteiger partial charge in [-0.05, 0) is 31.4 Å². The predicted octanol–water partition coefficient (Wildman–Crippen LogP) is 2.71. The predicted molar refractivity (Wildman–Crippen MR) is 61.9 cm³/mol. The molecule has 1 N–H and O–H groups in total. The first-order valence-corrected chi connectivity index (χ1v) is 5.53. The van der Waals surface area contributed by atoms with E-state index in [0.29, 0.717) is 0 Å². The van der Waals surface area contributed by atoms with Gasteiger partial charge in [0.1, 0.15) is 6.10 Å². The molecule has 1 unspecified atom stereocenters. The van der Waals surface area contributed by atoms with Gasteiger partial charge in [-0.2, -0.15) is 0 Å². The van der Waals surface area contributed by atoms with Gasteiger partial charge in [0.2, 0.25) is 0 Å². The molecule has 1 rings (SSSR count). The molecule has 0 saturated carbocycles. The molecule has 0 aliphatic rings. The quantitative estimate of drug-likeness (QED) is 0.806. The van der Waals surface area contributed by atoms with Crippen molar-refractivity contribution in [3.8, 4) is 0 Å². The first-order valence-electron chi connectivity index (χ1n) is 5.53. The van der Waals surface area contributed by atoms with Gasteiger partial charge in [-0.1, -0.05) is 31.2 Å². The van der Waals surface area contributed by atoms with Gasteiger partial charge in [0, 0.05) is 0 Å². The fourth-order valence-electron chi connectivity index (χ4n) is 1.71. The third kappa shape index (κ3) is 3.33. The van der Waals surface area contributed by atoms with Crippen LogP contribution in [0.4, 0.5) is 0 Å². The third-order valence-corrected chi connectivity index (χ3v) is 2.39. The highest BCUT2D eigenvalue weighted by Gasteiger charge is 2.15. The zero-order valence-corrected chi connectivity index (χ0v) is 9.73. The van der Waals surface area contributed by atoms with Crippen LogP contribution in [-0.2, 0) is 11.2 Å². The lowest BCUT2D eigenvalue weighted by Crippen LogP contribution is -2.15. The summed E-state index contributed by atoms with van der Waals surface area (Å²) in [5, 5.41) is 9.32. The lowest BCUT2D eigenvalue weighted by Gasteiger charge is -2.21. The van der Waals surface area contributed by atoms with E-state index in [1.54, 1.807) is 0 Å². The smallest absolute Gasteiger partial charge is 0.106 e. The Morgan fingerprint density at radius 1 is 1.27 bits per heavy atom. The van der Waals surface area contributed by atoms with Crippen LogP contribution in [0, 0.1) is 0 Å². The van der Waals surface area contributed by atoms with Crippen molar-refractivity contribution in [1.29, 1.82) is 0 Å². The van der Waals surface area contributed by atoms with Gasteiger partial charge in [0.05, 0.1) is 12.7 Å². The second kappa shape index (κ2) is 5.89. The Labute approximate surface area is 91.9 Å². The van der Waals surface area contributed by atoms with Crippen molar-refractivity contribution >= 4 is 0 Å². The molecule has 0 fully saturated rings. The van der Waals surface area contributed by atoms with Gasteiger partial charge >= 0.3 is 0 Å². The number of ether oxygens (including phenoxy) is 1. The van der Waals surface area contributed by atoms with Crippen LogP contribution < -0.4 is 0 Å². The molecule has 0 aliphatic heterocycles. The molecule has 0 spiro atoms. The number of aliphatic hydroxyl groups is 1. The topological polar surface area (TPSA) is 29.5 Å². The largest absolute Gasteiger partial charge is 0.393 e. The van der Waals surface area contributed by atoms with Crippen LogP contribution in [-0.4, -0.2) is 17.8 Å². The highest BCUT2D eigenvalue weighted by molar-refractivity contribution is 5.29. The summed E-state index contributed by atoms with van der Waals surface area (Å²) in [5.74, 6) is 0. The highest BCUT2D eigenvalue weighted by atomic mass is 16.5. The summed E-state index contributed by atoms with van der Waals surface area (Å²) in [4.78, 5) is 0. The van der Waals surface area contributed by atoms with Crippen molar-refractivity contribution in [2.24, 2.45) is 0 Å². The summed E-state index contributed by atoms with van der Waals surface area (Å²) in [7, 11) is 0. The summed E-state index contributed by atoms with van der Waals surface area (Å²) < 4.78 is 5.68. The van der Waals surface area contributed by atoms with E-state index in [4.69, 9.17) is 4.74 Å². The first-order chi connectivity index (χ1) is 7.19. The van der Waals surface area contributed by atoms with Crippen molar-refractivity contribution in [3.05, 3.63) is 35.4 Å². The number of aryl methyl sites for hydroxylation is 1. The van der Waals surface area contributed by atoms with Crippen LogP contribution in [0.25, 0.3) is 0 Å². The van der Waals surface area contributed by atoms with Gasteiger partial charge in [-0.3, -0.25) is 0 Å². The molecule has 2 heteroatoms. The van der Waals surface area contributed by atoms with E-state index in [2.05, 4.69) is 13.0 Å². The Morgan fingerprint density at radius 2 is 1.93 bits per heavy atom. The molecule has 0 radical (unpaired) electrons. The minimum absolute atomic E-state index is 0.0369. The summed E-state index contributed by atoms with van der Waals surface area (Å²) >= 11 is 0. The van der Waals surface area contributed by atoms with Crippen molar-refractivity contribution in [1.82, 2.24) is 0 Å². The Hall–Kier alpha value is -0.860. The van der Waals surface area contributed by atoms with E-state index in [1.165, 1.54) is 5.56 Å². The monoisotopic (exact) mass is 208 g/mol. The van der Waals surface area contributed by atoms with Crippen molar-refractivity contribution in [3.63, 3.8) is 0 Å². The normalized spacial score (nSPS) is 13.1. The van der Waals surface area contributed by atoms with Crippen molar-refractivity contribution in [2.75, 3.05) is 6.61 Å². The molecule has 15 heavy (non-hydrogen) atoms. The van der Waals surface area contributed by atoms with Crippen LogP contribution >= 0.6 is 0 Å². The Balaban J connectivity index is 2.90. The fraction of sp³-hybridized carbons (Fsp3) is 0.538. The zero-order valence-electron chi connectivity index (χ0n) is 9.73. The van der Waals surface area contributed by atoms with Crippen LogP contribution in [0.5, 0.6) is 0 Å². The van der Waals surface area contributed by atoms with Crippen LogP contribution in [0.1, 0.15) is 38.0 Å². The van der Waals surface area contributed by atoms with Crippen molar-refractivity contribution < 1.29 is 9.84 Å². The molecule has 0 saturated heterocycles.